The Bertz CT molecular complexity index is 1090. The van der Waals surface area contributed by atoms with Gasteiger partial charge < -0.3 is 10.5 Å². The summed E-state index contributed by atoms with van der Waals surface area (Å²) >= 11 is 3.46. The number of hydrogen-bond donors (Lipinski definition) is 1. The first-order valence-electron chi connectivity index (χ1n) is 7.79. The molecule has 6 heteroatoms. The Morgan fingerprint density at radius 3 is 2.27 bits per heavy atom. The second-order valence-corrected chi connectivity index (χ2v) is 6.75. The molecule has 0 saturated heterocycles. The van der Waals surface area contributed by atoms with Gasteiger partial charge in [-0.3, -0.25) is 9.59 Å². The van der Waals surface area contributed by atoms with E-state index in [1.807, 2.05) is 12.1 Å². The molecule has 5 nitrogen and oxygen atoms in total. The standard InChI is InChI=1S/C20H11BrN2O3/c21-14-8-4-3-7-12(14)15-13(9-22)20(23)26-19-16(15)17(24)10-5-1-2-6-11(10)18(19)25/h1-8,15H,23H2. The fraction of sp³-hybridized carbons (Fsp3) is 0.0500. The first-order chi connectivity index (χ1) is 12.5. The van der Waals surface area contributed by atoms with Crippen LogP contribution in [0.15, 0.2) is 75.8 Å². The van der Waals surface area contributed by atoms with Gasteiger partial charge in [-0.1, -0.05) is 58.4 Å². The number of rotatable bonds is 1. The van der Waals surface area contributed by atoms with Gasteiger partial charge in [0, 0.05) is 15.6 Å². The quantitative estimate of drug-likeness (QED) is 0.780. The van der Waals surface area contributed by atoms with E-state index in [2.05, 4.69) is 15.9 Å². The number of allylic oxidation sites excluding steroid dienone is 3. The molecule has 26 heavy (non-hydrogen) atoms. The van der Waals surface area contributed by atoms with Crippen LogP contribution >= 0.6 is 15.9 Å². The van der Waals surface area contributed by atoms with Crippen molar-refractivity contribution in [3.05, 3.63) is 92.5 Å². The topological polar surface area (TPSA) is 93.2 Å². The molecule has 0 spiro atoms. The van der Waals surface area contributed by atoms with Crippen LogP contribution in [0.1, 0.15) is 32.2 Å². The molecule has 1 unspecified atom stereocenters. The highest BCUT2D eigenvalue weighted by Crippen LogP contribution is 2.45. The Labute approximate surface area is 157 Å². The van der Waals surface area contributed by atoms with E-state index in [1.165, 1.54) is 0 Å². The van der Waals surface area contributed by atoms with Gasteiger partial charge in [-0.25, -0.2) is 0 Å². The SMILES string of the molecule is N#CC1=C(N)OC2=C(C(=O)c3ccccc3C2=O)C1c1ccccc1Br. The Morgan fingerprint density at radius 2 is 1.62 bits per heavy atom. The zero-order valence-corrected chi connectivity index (χ0v) is 14.9. The molecule has 0 bridgehead atoms. The van der Waals surface area contributed by atoms with E-state index >= 15 is 0 Å². The predicted molar refractivity (Wildman–Crippen MR) is 96.9 cm³/mol. The minimum absolute atomic E-state index is 0.106. The van der Waals surface area contributed by atoms with Crippen molar-refractivity contribution in [3.63, 3.8) is 0 Å². The zero-order chi connectivity index (χ0) is 18.4. The third-order valence-corrected chi connectivity index (χ3v) is 5.23. The van der Waals surface area contributed by atoms with Crippen LogP contribution in [0.3, 0.4) is 0 Å². The van der Waals surface area contributed by atoms with Crippen LogP contribution in [0.4, 0.5) is 0 Å². The number of Topliss-reactive ketones (excluding diaryl/α,β-unsaturated/α-hetero) is 2. The molecule has 2 N–H and O–H groups in total. The predicted octanol–water partition coefficient (Wildman–Crippen LogP) is 3.59. The van der Waals surface area contributed by atoms with Crippen LogP contribution in [0, 0.1) is 11.3 Å². The van der Waals surface area contributed by atoms with Gasteiger partial charge in [0.15, 0.2) is 11.5 Å². The van der Waals surface area contributed by atoms with Crippen LogP contribution in [-0.4, -0.2) is 11.6 Å². The van der Waals surface area contributed by atoms with Crippen molar-refractivity contribution in [2.75, 3.05) is 0 Å². The van der Waals surface area contributed by atoms with Crippen molar-refractivity contribution in [1.82, 2.24) is 0 Å². The van der Waals surface area contributed by atoms with E-state index in [-0.39, 0.29) is 34.1 Å². The van der Waals surface area contributed by atoms with Gasteiger partial charge in [-0.05, 0) is 11.6 Å². The van der Waals surface area contributed by atoms with Crippen LogP contribution in [0.5, 0.6) is 0 Å². The van der Waals surface area contributed by atoms with E-state index in [0.717, 1.165) is 0 Å². The van der Waals surface area contributed by atoms with Crippen LogP contribution in [-0.2, 0) is 4.74 Å². The van der Waals surface area contributed by atoms with E-state index in [9.17, 15) is 14.9 Å². The van der Waals surface area contributed by atoms with Gasteiger partial charge in [0.1, 0.15) is 11.6 Å². The smallest absolute Gasteiger partial charge is 0.229 e. The lowest BCUT2D eigenvalue weighted by atomic mass is 9.75. The summed E-state index contributed by atoms with van der Waals surface area (Å²) < 4.78 is 6.16. The molecule has 2 aliphatic rings. The molecule has 1 aliphatic heterocycles. The molecule has 0 radical (unpaired) electrons. The first-order valence-corrected chi connectivity index (χ1v) is 8.58. The fourth-order valence-electron chi connectivity index (χ4n) is 3.33. The summed E-state index contributed by atoms with van der Waals surface area (Å²) in [6.45, 7) is 0. The molecule has 0 amide bonds. The molecule has 4 rings (SSSR count). The average Bonchev–Trinajstić information content (AvgIpc) is 2.65. The number of fused-ring (bicyclic) bond motifs is 1. The number of carbonyl (C=O) groups excluding carboxylic acids is 2. The molecule has 0 aromatic heterocycles. The monoisotopic (exact) mass is 406 g/mol. The molecule has 0 saturated carbocycles. The Morgan fingerprint density at radius 1 is 1.00 bits per heavy atom. The third kappa shape index (κ3) is 2.21. The van der Waals surface area contributed by atoms with Crippen LogP contribution < -0.4 is 5.73 Å². The van der Waals surface area contributed by atoms with Crippen molar-refractivity contribution in [1.29, 1.82) is 5.26 Å². The van der Waals surface area contributed by atoms with Gasteiger partial charge in [-0.2, -0.15) is 5.26 Å². The summed E-state index contributed by atoms with van der Waals surface area (Å²) in [5, 5.41) is 9.62. The number of nitrogens with zero attached hydrogens (tertiary/aromatic N) is 1. The van der Waals surface area contributed by atoms with Crippen LogP contribution in [0.25, 0.3) is 0 Å². The van der Waals surface area contributed by atoms with Gasteiger partial charge in [-0.15, -0.1) is 0 Å². The van der Waals surface area contributed by atoms with Crippen molar-refractivity contribution in [2.45, 2.75) is 5.92 Å². The lowest BCUT2D eigenvalue weighted by Gasteiger charge is -2.31. The first kappa shape index (κ1) is 16.3. The maximum Gasteiger partial charge on any atom is 0.229 e. The highest BCUT2D eigenvalue weighted by Gasteiger charge is 2.44. The zero-order valence-electron chi connectivity index (χ0n) is 13.3. The highest BCUT2D eigenvalue weighted by molar-refractivity contribution is 9.10. The Kier molecular flexibility index (Phi) is 3.74. The molecular weight excluding hydrogens is 396 g/mol. The summed E-state index contributed by atoms with van der Waals surface area (Å²) in [7, 11) is 0. The van der Waals surface area contributed by atoms with E-state index < -0.39 is 11.7 Å². The van der Waals surface area contributed by atoms with Crippen molar-refractivity contribution < 1.29 is 14.3 Å². The molecule has 1 aliphatic carbocycles. The molecule has 2 aromatic carbocycles. The number of carbonyl (C=O) groups is 2. The number of hydrogen-bond acceptors (Lipinski definition) is 5. The van der Waals surface area contributed by atoms with Gasteiger partial charge in [0.05, 0.1) is 11.5 Å². The maximum absolute atomic E-state index is 13.2. The van der Waals surface area contributed by atoms with Gasteiger partial charge >= 0.3 is 0 Å². The number of ether oxygens (including phenoxy) is 1. The average molecular weight is 407 g/mol. The summed E-state index contributed by atoms with van der Waals surface area (Å²) in [5.74, 6) is -1.79. The number of nitrogens with two attached hydrogens (primary N) is 1. The minimum atomic E-state index is -0.774. The Hall–Kier alpha value is -3.17. The molecule has 126 valence electrons. The van der Waals surface area contributed by atoms with Crippen LogP contribution in [0.2, 0.25) is 0 Å². The van der Waals surface area contributed by atoms with Gasteiger partial charge in [0.25, 0.3) is 0 Å². The summed E-state index contributed by atoms with van der Waals surface area (Å²) in [4.78, 5) is 26.1. The molecule has 1 heterocycles. The molecular formula is C20H11BrN2O3. The highest BCUT2D eigenvalue weighted by atomic mass is 79.9. The number of ketones is 2. The van der Waals surface area contributed by atoms with Crippen molar-refractivity contribution in [2.24, 2.45) is 5.73 Å². The molecule has 0 fully saturated rings. The van der Waals surface area contributed by atoms with E-state index in [0.29, 0.717) is 15.6 Å². The third-order valence-electron chi connectivity index (χ3n) is 4.50. The number of nitriles is 1. The van der Waals surface area contributed by atoms with Crippen molar-refractivity contribution >= 4 is 27.5 Å². The normalized spacial score (nSPS) is 18.8. The lowest BCUT2D eigenvalue weighted by Crippen LogP contribution is -2.32. The maximum atomic E-state index is 13.2. The summed E-state index contributed by atoms with van der Waals surface area (Å²) in [6.07, 6.45) is 0. The second-order valence-electron chi connectivity index (χ2n) is 5.89. The lowest BCUT2D eigenvalue weighted by molar-refractivity contribution is 0.0897. The van der Waals surface area contributed by atoms with Crippen molar-refractivity contribution in [3.8, 4) is 6.07 Å². The number of benzene rings is 2. The summed E-state index contributed by atoms with van der Waals surface area (Å²) in [5.41, 5.74) is 7.42. The second kappa shape index (κ2) is 5.97. The minimum Gasteiger partial charge on any atom is -0.436 e. The van der Waals surface area contributed by atoms with Gasteiger partial charge in [0.2, 0.25) is 11.7 Å². The van der Waals surface area contributed by atoms with E-state index in [1.54, 1.807) is 42.5 Å². The fourth-order valence-corrected chi connectivity index (χ4v) is 3.84. The Balaban J connectivity index is 2.01. The molecule has 1 atom stereocenters. The molecule has 2 aromatic rings. The van der Waals surface area contributed by atoms with E-state index in [4.69, 9.17) is 10.5 Å². The summed E-state index contributed by atoms with van der Waals surface area (Å²) in [6, 6.07) is 15.8. The largest absolute Gasteiger partial charge is 0.436 e. The number of halogens is 1.